The average Bonchev–Trinajstić information content (AvgIpc) is 2.14. The lowest BCUT2D eigenvalue weighted by Crippen LogP contribution is -2.41. The SMILES string of the molecule is Cc1ccc(OCC(F)(F)C(F)(F)F)c(N)c1. The third kappa shape index (κ3) is 3.21. The summed E-state index contributed by atoms with van der Waals surface area (Å²) in [5.41, 5.74) is 6.17. The first kappa shape index (κ1) is 13.5. The molecule has 0 atom stereocenters. The normalized spacial score (nSPS) is 12.6. The van der Waals surface area contributed by atoms with Crippen LogP contribution in [-0.2, 0) is 0 Å². The van der Waals surface area contributed by atoms with Gasteiger partial charge in [-0.05, 0) is 24.6 Å². The van der Waals surface area contributed by atoms with E-state index >= 15 is 0 Å². The number of hydrogen-bond donors (Lipinski definition) is 1. The maximum Gasteiger partial charge on any atom is 0.456 e. The van der Waals surface area contributed by atoms with Crippen molar-refractivity contribution in [3.63, 3.8) is 0 Å². The van der Waals surface area contributed by atoms with E-state index in [4.69, 9.17) is 5.73 Å². The topological polar surface area (TPSA) is 35.2 Å². The number of halogens is 5. The van der Waals surface area contributed by atoms with E-state index in [1.807, 2.05) is 0 Å². The van der Waals surface area contributed by atoms with Crippen LogP contribution in [0.4, 0.5) is 27.6 Å². The van der Waals surface area contributed by atoms with Crippen molar-refractivity contribution in [1.82, 2.24) is 0 Å². The summed E-state index contributed by atoms with van der Waals surface area (Å²) in [6, 6.07) is 4.16. The van der Waals surface area contributed by atoms with E-state index in [9.17, 15) is 22.0 Å². The van der Waals surface area contributed by atoms with Crippen molar-refractivity contribution in [2.45, 2.75) is 19.0 Å². The molecule has 0 aliphatic carbocycles. The van der Waals surface area contributed by atoms with Gasteiger partial charge in [0.1, 0.15) is 5.75 Å². The zero-order valence-electron chi connectivity index (χ0n) is 8.81. The predicted molar refractivity (Wildman–Crippen MR) is 52.1 cm³/mol. The van der Waals surface area contributed by atoms with E-state index in [2.05, 4.69) is 4.74 Å². The van der Waals surface area contributed by atoms with Crippen LogP contribution in [0.25, 0.3) is 0 Å². The van der Waals surface area contributed by atoms with E-state index in [1.165, 1.54) is 18.2 Å². The second-order valence-electron chi connectivity index (χ2n) is 3.53. The van der Waals surface area contributed by atoms with Crippen LogP contribution in [0, 0.1) is 6.92 Å². The Morgan fingerprint density at radius 2 is 1.76 bits per heavy atom. The molecule has 7 heteroatoms. The molecule has 0 radical (unpaired) electrons. The van der Waals surface area contributed by atoms with Crippen LogP contribution < -0.4 is 10.5 Å². The minimum Gasteiger partial charge on any atom is -0.485 e. The van der Waals surface area contributed by atoms with Crippen molar-refractivity contribution in [3.05, 3.63) is 23.8 Å². The van der Waals surface area contributed by atoms with Crippen LogP contribution in [0.1, 0.15) is 5.56 Å². The van der Waals surface area contributed by atoms with Crippen LogP contribution in [0.15, 0.2) is 18.2 Å². The van der Waals surface area contributed by atoms with E-state index in [0.717, 1.165) is 5.56 Å². The summed E-state index contributed by atoms with van der Waals surface area (Å²) in [5, 5.41) is 0. The molecule has 2 N–H and O–H groups in total. The molecule has 0 amide bonds. The van der Waals surface area contributed by atoms with Crippen molar-refractivity contribution in [2.24, 2.45) is 0 Å². The minimum absolute atomic E-state index is 0.0166. The number of alkyl halides is 5. The summed E-state index contributed by atoms with van der Waals surface area (Å²) in [4.78, 5) is 0. The molecule has 0 heterocycles. The van der Waals surface area contributed by atoms with Crippen molar-refractivity contribution in [3.8, 4) is 5.75 Å². The highest BCUT2D eigenvalue weighted by Crippen LogP contribution is 2.36. The average molecular weight is 255 g/mol. The van der Waals surface area contributed by atoms with Gasteiger partial charge in [0, 0.05) is 0 Å². The fourth-order valence-electron chi connectivity index (χ4n) is 1.05. The largest absolute Gasteiger partial charge is 0.485 e. The Kier molecular flexibility index (Phi) is 3.49. The molecule has 96 valence electrons. The molecule has 0 aromatic heterocycles. The molecule has 2 nitrogen and oxygen atoms in total. The number of rotatable bonds is 3. The molecule has 1 rings (SSSR count). The lowest BCUT2D eigenvalue weighted by atomic mass is 10.2. The third-order valence-corrected chi connectivity index (χ3v) is 1.99. The Morgan fingerprint density at radius 3 is 2.24 bits per heavy atom. The summed E-state index contributed by atoms with van der Waals surface area (Å²) in [6.07, 6.45) is -5.63. The van der Waals surface area contributed by atoms with E-state index in [0.29, 0.717) is 0 Å². The van der Waals surface area contributed by atoms with Gasteiger partial charge < -0.3 is 10.5 Å². The summed E-state index contributed by atoms with van der Waals surface area (Å²) in [7, 11) is 0. The Morgan fingerprint density at radius 1 is 1.18 bits per heavy atom. The summed E-state index contributed by atoms with van der Waals surface area (Å²) in [6.45, 7) is -0.0891. The zero-order chi connectivity index (χ0) is 13.3. The Balaban J connectivity index is 2.74. The minimum atomic E-state index is -5.63. The molecule has 0 spiro atoms. The molecular formula is C10H10F5NO. The van der Waals surface area contributed by atoms with Gasteiger partial charge in [0.15, 0.2) is 6.61 Å². The van der Waals surface area contributed by atoms with Crippen LogP contribution in [0.3, 0.4) is 0 Å². The van der Waals surface area contributed by atoms with Gasteiger partial charge in [-0.1, -0.05) is 6.07 Å². The number of aryl methyl sites for hydroxylation is 1. The molecule has 1 aromatic carbocycles. The highest BCUT2D eigenvalue weighted by Gasteiger charge is 2.58. The number of nitrogen functional groups attached to an aromatic ring is 1. The van der Waals surface area contributed by atoms with Crippen LogP contribution in [0.2, 0.25) is 0 Å². The fraction of sp³-hybridized carbons (Fsp3) is 0.400. The first-order valence-electron chi connectivity index (χ1n) is 4.57. The highest BCUT2D eigenvalue weighted by atomic mass is 19.4. The highest BCUT2D eigenvalue weighted by molar-refractivity contribution is 5.54. The number of ether oxygens (including phenoxy) is 1. The van der Waals surface area contributed by atoms with E-state index < -0.39 is 18.7 Å². The van der Waals surface area contributed by atoms with Gasteiger partial charge in [-0.3, -0.25) is 0 Å². The molecule has 1 aromatic rings. The molecule has 0 unspecified atom stereocenters. The van der Waals surface area contributed by atoms with E-state index in [1.54, 1.807) is 6.92 Å². The molecule has 17 heavy (non-hydrogen) atoms. The van der Waals surface area contributed by atoms with Crippen LogP contribution in [-0.4, -0.2) is 18.7 Å². The number of nitrogens with two attached hydrogens (primary N) is 1. The molecule has 0 saturated heterocycles. The maximum absolute atomic E-state index is 12.5. The Hall–Kier alpha value is -1.53. The quantitative estimate of drug-likeness (QED) is 0.665. The number of benzene rings is 1. The van der Waals surface area contributed by atoms with Crippen molar-refractivity contribution in [1.29, 1.82) is 0 Å². The van der Waals surface area contributed by atoms with Gasteiger partial charge in [0.25, 0.3) is 0 Å². The molecule has 0 fully saturated rings. The van der Waals surface area contributed by atoms with Gasteiger partial charge in [-0.2, -0.15) is 22.0 Å². The molecule has 0 bridgehead atoms. The summed E-state index contributed by atoms with van der Waals surface area (Å²) in [5.74, 6) is -5.09. The van der Waals surface area contributed by atoms with Crippen molar-refractivity contribution < 1.29 is 26.7 Å². The Labute approximate surface area is 94.2 Å². The first-order chi connectivity index (χ1) is 7.63. The third-order valence-electron chi connectivity index (χ3n) is 1.99. The fourth-order valence-corrected chi connectivity index (χ4v) is 1.05. The number of anilines is 1. The molecular weight excluding hydrogens is 245 g/mol. The smallest absolute Gasteiger partial charge is 0.456 e. The predicted octanol–water partition coefficient (Wildman–Crippen LogP) is 3.15. The zero-order valence-corrected chi connectivity index (χ0v) is 8.81. The lowest BCUT2D eigenvalue weighted by Gasteiger charge is -2.20. The van der Waals surface area contributed by atoms with Gasteiger partial charge >= 0.3 is 12.1 Å². The Bertz CT molecular complexity index is 402. The summed E-state index contributed by atoms with van der Waals surface area (Å²) < 4.78 is 65.0. The van der Waals surface area contributed by atoms with Gasteiger partial charge in [-0.15, -0.1) is 0 Å². The monoisotopic (exact) mass is 255 g/mol. The second-order valence-corrected chi connectivity index (χ2v) is 3.53. The lowest BCUT2D eigenvalue weighted by molar-refractivity contribution is -0.289. The van der Waals surface area contributed by atoms with Gasteiger partial charge in [0.05, 0.1) is 5.69 Å². The number of hydrogen-bond acceptors (Lipinski definition) is 2. The first-order valence-corrected chi connectivity index (χ1v) is 4.57. The molecule has 0 aliphatic heterocycles. The van der Waals surface area contributed by atoms with Gasteiger partial charge in [0.2, 0.25) is 0 Å². The van der Waals surface area contributed by atoms with Crippen LogP contribution in [0.5, 0.6) is 5.75 Å². The molecule has 0 aliphatic rings. The van der Waals surface area contributed by atoms with Gasteiger partial charge in [-0.25, -0.2) is 0 Å². The summed E-state index contributed by atoms with van der Waals surface area (Å²) >= 11 is 0. The second kappa shape index (κ2) is 4.38. The van der Waals surface area contributed by atoms with Crippen molar-refractivity contribution >= 4 is 5.69 Å². The molecule has 0 saturated carbocycles. The standard InChI is InChI=1S/C10H10F5NO/c1-6-2-3-8(7(16)4-6)17-5-9(11,12)10(13,14)15/h2-4H,5,16H2,1H3. The van der Waals surface area contributed by atoms with Crippen LogP contribution >= 0.6 is 0 Å². The van der Waals surface area contributed by atoms with E-state index in [-0.39, 0.29) is 11.4 Å². The maximum atomic E-state index is 12.5. The van der Waals surface area contributed by atoms with Crippen molar-refractivity contribution in [2.75, 3.05) is 12.3 Å².